The highest BCUT2D eigenvalue weighted by molar-refractivity contribution is 5.91. The lowest BCUT2D eigenvalue weighted by molar-refractivity contribution is 0.177. The molecule has 1 aliphatic carbocycles. The van der Waals surface area contributed by atoms with Crippen molar-refractivity contribution in [1.82, 2.24) is 10.2 Å². The number of ether oxygens (including phenoxy) is 1. The van der Waals surface area contributed by atoms with Crippen molar-refractivity contribution in [2.24, 2.45) is 16.8 Å². The summed E-state index contributed by atoms with van der Waals surface area (Å²) < 4.78 is 5.95. The van der Waals surface area contributed by atoms with Gasteiger partial charge in [-0.25, -0.2) is 4.85 Å². The number of nitrogens with one attached hydrogen (secondary N) is 1. The molecule has 2 aliphatic rings. The Morgan fingerprint density at radius 2 is 2.19 bits per heavy atom. The number of fused-ring (bicyclic) bond motifs is 1. The van der Waals surface area contributed by atoms with Gasteiger partial charge in [0.05, 0.1) is 36.1 Å². The topological polar surface area (TPSA) is 78.4 Å². The van der Waals surface area contributed by atoms with Crippen LogP contribution in [0.2, 0.25) is 0 Å². The van der Waals surface area contributed by atoms with Crippen molar-refractivity contribution in [3.05, 3.63) is 46.6 Å². The second kappa shape index (κ2) is 6.89. The molecule has 0 bridgehead atoms. The Bertz CT molecular complexity index is 1030. The van der Waals surface area contributed by atoms with Crippen LogP contribution in [0.25, 0.3) is 15.7 Å². The zero-order chi connectivity index (χ0) is 19.0. The van der Waals surface area contributed by atoms with Gasteiger partial charge in [-0.1, -0.05) is 12.5 Å². The standard InChI is InChI=1S/C21H21N5O/c1-12-17(10-22)19(20(23-3)13(2)24-12)15-7-8-18-16(9-15)21(26-25-18)27-11-14-5-4-6-14/h7-9,14,17,19H,4-6,11H2,1-2H3,(H,25,26). The summed E-state index contributed by atoms with van der Waals surface area (Å²) in [5, 5.41) is 17.9. The van der Waals surface area contributed by atoms with Gasteiger partial charge in [0.1, 0.15) is 0 Å². The third kappa shape index (κ3) is 2.98. The molecule has 2 aromatic rings. The van der Waals surface area contributed by atoms with Crippen LogP contribution < -0.4 is 4.74 Å². The Kier molecular flexibility index (Phi) is 4.41. The molecule has 1 aromatic heterocycles. The Balaban J connectivity index is 1.73. The van der Waals surface area contributed by atoms with Gasteiger partial charge in [0.2, 0.25) is 5.88 Å². The maximum Gasteiger partial charge on any atom is 0.240 e. The number of hydrogen-bond donors (Lipinski definition) is 1. The summed E-state index contributed by atoms with van der Waals surface area (Å²) in [5.41, 5.74) is 3.78. The van der Waals surface area contributed by atoms with Crippen LogP contribution in [0.15, 0.2) is 34.6 Å². The predicted molar refractivity (Wildman–Crippen MR) is 103 cm³/mol. The number of aromatic nitrogens is 2. The summed E-state index contributed by atoms with van der Waals surface area (Å²) in [6.07, 6.45) is 3.72. The van der Waals surface area contributed by atoms with Crippen molar-refractivity contribution in [1.29, 1.82) is 5.26 Å². The fourth-order valence-corrected chi connectivity index (χ4v) is 3.85. The second-order valence-electron chi connectivity index (χ2n) is 7.36. The first-order valence-corrected chi connectivity index (χ1v) is 9.26. The number of nitriles is 1. The Morgan fingerprint density at radius 3 is 2.85 bits per heavy atom. The Morgan fingerprint density at radius 1 is 1.37 bits per heavy atom. The molecule has 6 heteroatoms. The number of rotatable bonds is 4. The van der Waals surface area contributed by atoms with Crippen LogP contribution in [0.5, 0.6) is 5.88 Å². The third-order valence-electron chi connectivity index (χ3n) is 5.64. The number of aromatic amines is 1. The summed E-state index contributed by atoms with van der Waals surface area (Å²) in [5.74, 6) is 0.461. The molecule has 0 radical (unpaired) electrons. The van der Waals surface area contributed by atoms with Crippen molar-refractivity contribution >= 4 is 16.6 Å². The molecule has 2 atom stereocenters. The van der Waals surface area contributed by atoms with Gasteiger partial charge in [-0.2, -0.15) is 5.26 Å². The van der Waals surface area contributed by atoms with E-state index in [0.29, 0.717) is 29.8 Å². The highest BCUT2D eigenvalue weighted by Gasteiger charge is 2.34. The van der Waals surface area contributed by atoms with Crippen molar-refractivity contribution in [3.63, 3.8) is 0 Å². The van der Waals surface area contributed by atoms with E-state index in [-0.39, 0.29) is 5.92 Å². The van der Waals surface area contributed by atoms with Crippen molar-refractivity contribution in [2.45, 2.75) is 39.0 Å². The van der Waals surface area contributed by atoms with Crippen molar-refractivity contribution in [2.75, 3.05) is 6.61 Å². The molecule has 1 N–H and O–H groups in total. The Labute approximate surface area is 158 Å². The molecular weight excluding hydrogens is 338 g/mol. The highest BCUT2D eigenvalue weighted by atomic mass is 16.5. The van der Waals surface area contributed by atoms with Gasteiger partial charge >= 0.3 is 0 Å². The lowest BCUT2D eigenvalue weighted by Gasteiger charge is -2.26. The zero-order valence-corrected chi connectivity index (χ0v) is 15.5. The summed E-state index contributed by atoms with van der Waals surface area (Å²) in [7, 11) is 0. The predicted octanol–water partition coefficient (Wildman–Crippen LogP) is 4.59. The number of benzene rings is 1. The third-order valence-corrected chi connectivity index (χ3v) is 5.64. The fourth-order valence-electron chi connectivity index (χ4n) is 3.85. The maximum atomic E-state index is 9.70. The van der Waals surface area contributed by atoms with E-state index in [1.807, 2.05) is 32.0 Å². The van der Waals surface area contributed by atoms with Gasteiger partial charge in [0, 0.05) is 17.3 Å². The summed E-state index contributed by atoms with van der Waals surface area (Å²) in [6.45, 7) is 12.0. The molecule has 0 amide bonds. The average molecular weight is 359 g/mol. The molecule has 0 spiro atoms. The van der Waals surface area contributed by atoms with Crippen LogP contribution in [0.1, 0.15) is 44.6 Å². The van der Waals surface area contributed by atoms with E-state index in [0.717, 1.165) is 22.2 Å². The molecule has 1 saturated carbocycles. The molecule has 27 heavy (non-hydrogen) atoms. The lowest BCUT2D eigenvalue weighted by atomic mass is 9.79. The van der Waals surface area contributed by atoms with Gasteiger partial charge in [-0.15, -0.1) is 5.10 Å². The minimum absolute atomic E-state index is 0.316. The van der Waals surface area contributed by atoms with Crippen molar-refractivity contribution in [3.8, 4) is 11.9 Å². The monoisotopic (exact) mass is 359 g/mol. The molecule has 1 aliphatic heterocycles. The summed E-state index contributed by atoms with van der Waals surface area (Å²) in [6, 6.07) is 8.24. The van der Waals surface area contributed by atoms with Gasteiger partial charge in [0.15, 0.2) is 5.70 Å². The summed E-state index contributed by atoms with van der Waals surface area (Å²) >= 11 is 0. The van der Waals surface area contributed by atoms with Crippen molar-refractivity contribution < 1.29 is 4.74 Å². The number of H-pyrrole nitrogens is 1. The minimum Gasteiger partial charge on any atom is -0.476 e. The first kappa shape index (κ1) is 17.3. The van der Waals surface area contributed by atoms with Gasteiger partial charge in [-0.3, -0.25) is 10.1 Å². The molecule has 2 heterocycles. The molecule has 6 nitrogen and oxygen atoms in total. The maximum absolute atomic E-state index is 9.70. The quantitative estimate of drug-likeness (QED) is 0.811. The zero-order valence-electron chi connectivity index (χ0n) is 15.5. The molecule has 1 aromatic carbocycles. The van der Waals surface area contributed by atoms with E-state index >= 15 is 0 Å². The van der Waals surface area contributed by atoms with E-state index in [1.54, 1.807) is 0 Å². The molecule has 2 unspecified atom stereocenters. The van der Waals surface area contributed by atoms with Crippen LogP contribution >= 0.6 is 0 Å². The molecule has 136 valence electrons. The van der Waals surface area contributed by atoms with E-state index in [2.05, 4.69) is 26.1 Å². The van der Waals surface area contributed by atoms with Crippen LogP contribution in [0, 0.1) is 29.7 Å². The Hall–Kier alpha value is -3.12. The number of aliphatic imine (C=N–C) groups is 1. The first-order chi connectivity index (χ1) is 13.1. The van der Waals surface area contributed by atoms with E-state index < -0.39 is 5.92 Å². The average Bonchev–Trinajstić information content (AvgIpc) is 3.02. The van der Waals surface area contributed by atoms with Crippen LogP contribution in [0.3, 0.4) is 0 Å². The molecule has 0 saturated heterocycles. The minimum atomic E-state index is -0.443. The number of allylic oxidation sites excluding steroid dienone is 2. The molecular formula is C21H21N5O. The van der Waals surface area contributed by atoms with Crippen LogP contribution in [-0.4, -0.2) is 22.5 Å². The molecule has 4 rings (SSSR count). The number of nitrogens with zero attached hydrogens (tertiary/aromatic N) is 4. The summed E-state index contributed by atoms with van der Waals surface area (Å²) in [4.78, 5) is 8.12. The highest BCUT2D eigenvalue weighted by Crippen LogP contribution is 2.40. The fraction of sp³-hybridized carbons (Fsp3) is 0.429. The van der Waals surface area contributed by atoms with E-state index in [9.17, 15) is 5.26 Å². The lowest BCUT2D eigenvalue weighted by Crippen LogP contribution is -2.24. The smallest absolute Gasteiger partial charge is 0.240 e. The largest absolute Gasteiger partial charge is 0.476 e. The van der Waals surface area contributed by atoms with Gasteiger partial charge in [-0.05, 0) is 50.3 Å². The van der Waals surface area contributed by atoms with E-state index in [4.69, 9.17) is 11.3 Å². The number of hydrogen-bond acceptors (Lipinski definition) is 4. The normalized spacial score (nSPS) is 22.7. The SMILES string of the molecule is [C-]#[N+]C1=C(C)N=C(C)C(C#N)C1c1ccc2[nH]nc(OCC3CCC3)c2c1. The van der Waals surface area contributed by atoms with Crippen LogP contribution in [-0.2, 0) is 0 Å². The van der Waals surface area contributed by atoms with Gasteiger partial charge < -0.3 is 4.74 Å². The second-order valence-corrected chi connectivity index (χ2v) is 7.36. The van der Waals surface area contributed by atoms with Gasteiger partial charge in [0.25, 0.3) is 0 Å². The molecule has 1 fully saturated rings. The van der Waals surface area contributed by atoms with Crippen LogP contribution in [0.4, 0.5) is 0 Å². The van der Waals surface area contributed by atoms with E-state index in [1.165, 1.54) is 19.3 Å². The first-order valence-electron chi connectivity index (χ1n) is 9.26.